The average Bonchev–Trinajstić information content (AvgIpc) is 2.03. The first kappa shape index (κ1) is 9.98. The Balaban J connectivity index is 4.22. The third-order valence-electron chi connectivity index (χ3n) is 1.31. The van der Waals surface area contributed by atoms with Crippen LogP contribution >= 0.6 is 0 Å². The molecule has 11 heavy (non-hydrogen) atoms. The monoisotopic (exact) mass is 153 g/mol. The largest absolute Gasteiger partial charge is 0.405 e. The van der Waals surface area contributed by atoms with Gasteiger partial charge in [-0.1, -0.05) is 19.6 Å². The molecule has 0 fully saturated rings. The molecule has 62 valence electrons. The minimum atomic E-state index is 0.00190. The fourth-order valence-corrected chi connectivity index (χ4v) is 0.699. The lowest BCUT2D eigenvalue weighted by Crippen LogP contribution is -1.86. The summed E-state index contributed by atoms with van der Waals surface area (Å²) >= 11 is 0. The first-order valence-corrected chi connectivity index (χ1v) is 3.62. The molecule has 0 unspecified atom stereocenters. The number of hydrogen-bond acceptors (Lipinski definition) is 2. The van der Waals surface area contributed by atoms with E-state index in [1.165, 1.54) is 6.20 Å². The number of allylic oxidation sites excluding steroid dienone is 2. The predicted molar refractivity (Wildman–Crippen MR) is 47.9 cm³/mol. The van der Waals surface area contributed by atoms with Crippen molar-refractivity contribution in [3.05, 3.63) is 36.1 Å². The summed E-state index contributed by atoms with van der Waals surface area (Å²) in [6.07, 6.45) is 6.02. The number of hydrogen-bond donors (Lipinski definition) is 2. The number of nitrogens with two attached hydrogens (primary N) is 1. The lowest BCUT2D eigenvalue weighted by Gasteiger charge is -1.97. The van der Waals surface area contributed by atoms with Gasteiger partial charge >= 0.3 is 0 Å². The van der Waals surface area contributed by atoms with Gasteiger partial charge in [0.1, 0.15) is 0 Å². The Morgan fingerprint density at radius 2 is 2.27 bits per heavy atom. The van der Waals surface area contributed by atoms with Crippen molar-refractivity contribution < 1.29 is 5.11 Å². The highest BCUT2D eigenvalue weighted by atomic mass is 16.3. The molecule has 0 aliphatic rings. The second-order valence-corrected chi connectivity index (χ2v) is 2.25. The minimum absolute atomic E-state index is 0.00190. The molecule has 0 atom stereocenters. The molecule has 0 aromatic carbocycles. The maximum atomic E-state index is 8.65. The molecule has 0 rings (SSSR count). The molecule has 0 bridgehead atoms. The molecule has 2 heteroatoms. The van der Waals surface area contributed by atoms with Gasteiger partial charge in [-0.3, -0.25) is 0 Å². The summed E-state index contributed by atoms with van der Waals surface area (Å²) < 4.78 is 0. The first-order valence-electron chi connectivity index (χ1n) is 3.62. The Morgan fingerprint density at radius 1 is 1.64 bits per heavy atom. The molecule has 0 aliphatic heterocycles. The number of rotatable bonds is 4. The summed E-state index contributed by atoms with van der Waals surface area (Å²) in [6, 6.07) is 0. The SMILES string of the molecule is C=C(/C=C(\C=C/N)CC)CO. The smallest absolute Gasteiger partial charge is 0.0676 e. The zero-order valence-electron chi connectivity index (χ0n) is 6.88. The van der Waals surface area contributed by atoms with E-state index in [0.717, 1.165) is 12.0 Å². The van der Waals surface area contributed by atoms with E-state index >= 15 is 0 Å². The maximum Gasteiger partial charge on any atom is 0.0676 e. The standard InChI is InChI=1S/C9H15NO/c1-3-9(4-5-10)6-8(2)7-11/h4-6,11H,2-3,7,10H2,1H3/b5-4-,9-6-. The minimum Gasteiger partial charge on any atom is -0.405 e. The molecule has 0 saturated heterocycles. The van der Waals surface area contributed by atoms with E-state index in [4.69, 9.17) is 10.8 Å². The number of aliphatic hydroxyl groups is 1. The van der Waals surface area contributed by atoms with Gasteiger partial charge in [0.2, 0.25) is 0 Å². The van der Waals surface area contributed by atoms with Gasteiger partial charge in [0.05, 0.1) is 6.61 Å². The fourth-order valence-electron chi connectivity index (χ4n) is 0.699. The van der Waals surface area contributed by atoms with Gasteiger partial charge in [0.25, 0.3) is 0 Å². The van der Waals surface area contributed by atoms with Crippen LogP contribution in [0, 0.1) is 0 Å². The van der Waals surface area contributed by atoms with Gasteiger partial charge in [-0.15, -0.1) is 0 Å². The zero-order chi connectivity index (χ0) is 8.69. The molecule has 0 spiro atoms. The fraction of sp³-hybridized carbons (Fsp3) is 0.333. The Hall–Kier alpha value is -1.02. The van der Waals surface area contributed by atoms with Crippen molar-refractivity contribution in [2.75, 3.05) is 6.61 Å². The van der Waals surface area contributed by atoms with Crippen LogP contribution in [-0.2, 0) is 0 Å². The zero-order valence-corrected chi connectivity index (χ0v) is 6.88. The molecule has 0 aromatic rings. The van der Waals surface area contributed by atoms with Crippen molar-refractivity contribution in [3.8, 4) is 0 Å². The van der Waals surface area contributed by atoms with Gasteiger partial charge < -0.3 is 10.8 Å². The van der Waals surface area contributed by atoms with E-state index in [1.54, 1.807) is 6.08 Å². The molecule has 0 saturated carbocycles. The van der Waals surface area contributed by atoms with Gasteiger partial charge in [-0.05, 0) is 29.8 Å². The molecule has 0 radical (unpaired) electrons. The van der Waals surface area contributed by atoms with E-state index < -0.39 is 0 Å². The molecule has 0 aliphatic carbocycles. The molecule has 0 amide bonds. The summed E-state index contributed by atoms with van der Waals surface area (Å²) in [5, 5.41) is 8.65. The highest BCUT2D eigenvalue weighted by Crippen LogP contribution is 2.05. The van der Waals surface area contributed by atoms with Crippen LogP contribution in [0.3, 0.4) is 0 Å². The molecule has 2 nitrogen and oxygen atoms in total. The quantitative estimate of drug-likeness (QED) is 0.599. The van der Waals surface area contributed by atoms with Crippen LogP contribution in [0.5, 0.6) is 0 Å². The van der Waals surface area contributed by atoms with Gasteiger partial charge in [0, 0.05) is 0 Å². The summed E-state index contributed by atoms with van der Waals surface area (Å²) in [5.74, 6) is 0. The Kier molecular flexibility index (Phi) is 5.21. The lowest BCUT2D eigenvalue weighted by atomic mass is 10.1. The summed E-state index contributed by atoms with van der Waals surface area (Å²) in [4.78, 5) is 0. The molecule has 0 aromatic heterocycles. The third-order valence-corrected chi connectivity index (χ3v) is 1.31. The summed E-state index contributed by atoms with van der Waals surface area (Å²) in [5.41, 5.74) is 6.99. The molecular formula is C9H15NO. The highest BCUT2D eigenvalue weighted by molar-refractivity contribution is 5.28. The Labute approximate surface area is 67.7 Å². The summed E-state index contributed by atoms with van der Waals surface area (Å²) in [6.45, 7) is 5.67. The van der Waals surface area contributed by atoms with Crippen LogP contribution < -0.4 is 5.73 Å². The van der Waals surface area contributed by atoms with Gasteiger partial charge in [-0.2, -0.15) is 0 Å². The van der Waals surface area contributed by atoms with Crippen LogP contribution in [0.15, 0.2) is 36.1 Å². The molecule has 3 N–H and O–H groups in total. The normalized spacial score (nSPS) is 12.4. The van der Waals surface area contributed by atoms with Crippen molar-refractivity contribution in [2.24, 2.45) is 5.73 Å². The topological polar surface area (TPSA) is 46.2 Å². The lowest BCUT2D eigenvalue weighted by molar-refractivity contribution is 0.335. The molecular weight excluding hydrogens is 138 g/mol. The second-order valence-electron chi connectivity index (χ2n) is 2.25. The second kappa shape index (κ2) is 5.74. The van der Waals surface area contributed by atoms with Gasteiger partial charge in [-0.25, -0.2) is 0 Å². The van der Waals surface area contributed by atoms with Crippen molar-refractivity contribution in [1.82, 2.24) is 0 Å². The number of aliphatic hydroxyl groups excluding tert-OH is 1. The van der Waals surface area contributed by atoms with E-state index in [0.29, 0.717) is 5.57 Å². The van der Waals surface area contributed by atoms with E-state index in [1.807, 2.05) is 13.0 Å². The Morgan fingerprint density at radius 3 is 2.64 bits per heavy atom. The maximum absolute atomic E-state index is 8.65. The third kappa shape index (κ3) is 4.39. The first-order chi connectivity index (χ1) is 5.24. The van der Waals surface area contributed by atoms with E-state index in [9.17, 15) is 0 Å². The van der Waals surface area contributed by atoms with Crippen molar-refractivity contribution in [2.45, 2.75) is 13.3 Å². The van der Waals surface area contributed by atoms with Crippen LogP contribution in [0.4, 0.5) is 0 Å². The van der Waals surface area contributed by atoms with Crippen molar-refractivity contribution in [3.63, 3.8) is 0 Å². The van der Waals surface area contributed by atoms with Crippen LogP contribution in [0.25, 0.3) is 0 Å². The van der Waals surface area contributed by atoms with Crippen LogP contribution in [0.1, 0.15) is 13.3 Å². The summed E-state index contributed by atoms with van der Waals surface area (Å²) in [7, 11) is 0. The van der Waals surface area contributed by atoms with Crippen molar-refractivity contribution >= 4 is 0 Å². The molecule has 0 heterocycles. The Bertz CT molecular complexity index is 180. The van der Waals surface area contributed by atoms with E-state index in [2.05, 4.69) is 6.58 Å². The van der Waals surface area contributed by atoms with Crippen molar-refractivity contribution in [1.29, 1.82) is 0 Å². The van der Waals surface area contributed by atoms with E-state index in [-0.39, 0.29) is 6.61 Å². The highest BCUT2D eigenvalue weighted by Gasteiger charge is 1.89. The predicted octanol–water partition coefficient (Wildman–Crippen LogP) is 1.34. The van der Waals surface area contributed by atoms with Crippen LogP contribution in [0.2, 0.25) is 0 Å². The average molecular weight is 153 g/mol. The van der Waals surface area contributed by atoms with Crippen LogP contribution in [-0.4, -0.2) is 11.7 Å². The van der Waals surface area contributed by atoms with Gasteiger partial charge in [0.15, 0.2) is 0 Å².